The number of rotatable bonds is 21. The van der Waals surface area contributed by atoms with E-state index in [0.717, 1.165) is 32.1 Å². The molecule has 1 aliphatic rings. The molecule has 0 heterocycles. The van der Waals surface area contributed by atoms with Gasteiger partial charge in [-0.2, -0.15) is 0 Å². The van der Waals surface area contributed by atoms with Gasteiger partial charge in [0.05, 0.1) is 79.3 Å². The van der Waals surface area contributed by atoms with E-state index < -0.39 is 0 Å². The van der Waals surface area contributed by atoms with E-state index in [-0.39, 0.29) is 12.2 Å². The summed E-state index contributed by atoms with van der Waals surface area (Å²) in [5.74, 6) is 0. The highest BCUT2D eigenvalue weighted by atomic mass is 16.6. The van der Waals surface area contributed by atoms with E-state index >= 15 is 0 Å². The molecule has 194 valence electrons. The summed E-state index contributed by atoms with van der Waals surface area (Å²) in [5.41, 5.74) is 5.31. The zero-order chi connectivity index (χ0) is 23.7. The number of nitrogens with two attached hydrogens (primary N) is 1. The van der Waals surface area contributed by atoms with E-state index in [1.165, 1.54) is 0 Å². The van der Waals surface area contributed by atoms with Gasteiger partial charge < -0.3 is 44.2 Å². The minimum atomic E-state index is -0.369. The summed E-state index contributed by atoms with van der Waals surface area (Å²) in [6.45, 7) is 7.05. The van der Waals surface area contributed by atoms with Crippen LogP contribution in [-0.2, 0) is 33.2 Å². The molecule has 0 aromatic carbocycles. The van der Waals surface area contributed by atoms with Crippen LogP contribution >= 0.6 is 0 Å². The maximum absolute atomic E-state index is 11.8. The maximum Gasteiger partial charge on any atom is 0.407 e. The summed E-state index contributed by atoms with van der Waals surface area (Å²) in [6, 6.07) is 0. The number of amides is 1. The van der Waals surface area contributed by atoms with Crippen molar-refractivity contribution < 1.29 is 38.0 Å². The number of carbonyl (C=O) groups is 1. The minimum Gasteiger partial charge on any atom is -0.446 e. The third-order valence-corrected chi connectivity index (χ3v) is 4.63. The van der Waals surface area contributed by atoms with Crippen LogP contribution in [0.1, 0.15) is 32.1 Å². The molecule has 1 aliphatic carbocycles. The van der Waals surface area contributed by atoms with Crippen molar-refractivity contribution in [3.05, 3.63) is 12.2 Å². The summed E-state index contributed by atoms with van der Waals surface area (Å²) < 4.78 is 37.7. The third-order valence-electron chi connectivity index (χ3n) is 4.63. The first kappa shape index (κ1) is 29.8. The van der Waals surface area contributed by atoms with Crippen molar-refractivity contribution in [1.29, 1.82) is 0 Å². The van der Waals surface area contributed by atoms with Crippen molar-refractivity contribution in [3.63, 3.8) is 0 Å². The van der Waals surface area contributed by atoms with Crippen LogP contribution in [0.2, 0.25) is 0 Å². The van der Waals surface area contributed by atoms with Crippen LogP contribution in [0.5, 0.6) is 0 Å². The molecule has 0 spiro atoms. The average Bonchev–Trinajstić information content (AvgIpc) is 2.79. The molecule has 0 aromatic heterocycles. The number of allylic oxidation sites excluding steroid dienone is 2. The number of carbonyl (C=O) groups excluding carboxylic acids is 1. The quantitative estimate of drug-likeness (QED) is 0.188. The van der Waals surface area contributed by atoms with Gasteiger partial charge in [-0.05, 0) is 32.1 Å². The molecule has 0 fully saturated rings. The Morgan fingerprint density at radius 2 is 1.18 bits per heavy atom. The zero-order valence-corrected chi connectivity index (χ0v) is 20.0. The standard InChI is InChI=1S/C23H44N2O8/c24-8-10-27-12-14-29-16-18-31-20-21-32-19-17-30-15-13-28-11-9-25-23(26)33-22-6-4-2-1-3-5-7-22/h1-2,22H,3-21,24H2,(H,25,26). The molecule has 1 rings (SSSR count). The van der Waals surface area contributed by atoms with E-state index in [4.69, 9.17) is 38.9 Å². The van der Waals surface area contributed by atoms with Gasteiger partial charge in [0.1, 0.15) is 6.10 Å². The fourth-order valence-corrected chi connectivity index (χ4v) is 2.95. The molecule has 0 aliphatic heterocycles. The van der Waals surface area contributed by atoms with Crippen molar-refractivity contribution in [2.75, 3.05) is 92.4 Å². The molecule has 10 heteroatoms. The van der Waals surface area contributed by atoms with E-state index in [2.05, 4.69) is 17.5 Å². The first-order valence-electron chi connectivity index (χ1n) is 12.1. The molecule has 0 aromatic rings. The SMILES string of the molecule is NCCOCCOCCOCCOCCOCCOCCNC(=O)OC1CCC=CCCC1. The third kappa shape index (κ3) is 21.0. The van der Waals surface area contributed by atoms with E-state index in [0.29, 0.717) is 92.4 Å². The molecule has 0 bridgehead atoms. The number of hydrogen-bond acceptors (Lipinski definition) is 9. The Labute approximate surface area is 198 Å². The Hall–Kier alpha value is -1.27. The van der Waals surface area contributed by atoms with Crippen molar-refractivity contribution in [2.45, 2.75) is 38.2 Å². The summed E-state index contributed by atoms with van der Waals surface area (Å²) in [4.78, 5) is 11.8. The second-order valence-corrected chi connectivity index (χ2v) is 7.40. The van der Waals surface area contributed by atoms with E-state index in [1.807, 2.05) is 0 Å². The fourth-order valence-electron chi connectivity index (χ4n) is 2.95. The first-order valence-corrected chi connectivity index (χ1v) is 12.1. The van der Waals surface area contributed by atoms with Crippen molar-refractivity contribution >= 4 is 6.09 Å². The summed E-state index contributed by atoms with van der Waals surface area (Å²) in [6.07, 6.45) is 8.87. The van der Waals surface area contributed by atoms with Gasteiger partial charge >= 0.3 is 6.09 Å². The van der Waals surface area contributed by atoms with Gasteiger partial charge in [0.15, 0.2) is 0 Å². The zero-order valence-electron chi connectivity index (χ0n) is 20.0. The normalized spacial score (nSPS) is 16.3. The lowest BCUT2D eigenvalue weighted by Gasteiger charge is -2.18. The Morgan fingerprint density at radius 1 is 0.697 bits per heavy atom. The summed E-state index contributed by atoms with van der Waals surface area (Å²) >= 11 is 0. The highest BCUT2D eigenvalue weighted by Crippen LogP contribution is 2.15. The number of alkyl carbamates (subject to hydrolysis) is 1. The van der Waals surface area contributed by atoms with Gasteiger partial charge in [0.25, 0.3) is 0 Å². The average molecular weight is 477 g/mol. The lowest BCUT2D eigenvalue weighted by molar-refractivity contribution is -0.0162. The summed E-state index contributed by atoms with van der Waals surface area (Å²) in [7, 11) is 0. The first-order chi connectivity index (χ1) is 16.3. The minimum absolute atomic E-state index is 0.00394. The van der Waals surface area contributed by atoms with E-state index in [9.17, 15) is 4.79 Å². The monoisotopic (exact) mass is 476 g/mol. The van der Waals surface area contributed by atoms with Gasteiger partial charge in [-0.25, -0.2) is 4.79 Å². The number of hydrogen-bond donors (Lipinski definition) is 2. The lowest BCUT2D eigenvalue weighted by atomic mass is 10.0. The predicted octanol–water partition coefficient (Wildman–Crippen LogP) is 1.66. The largest absolute Gasteiger partial charge is 0.446 e. The molecule has 0 saturated heterocycles. The van der Waals surface area contributed by atoms with Gasteiger partial charge in [-0.1, -0.05) is 12.2 Å². The Kier molecular flexibility index (Phi) is 21.5. The van der Waals surface area contributed by atoms with Crippen LogP contribution < -0.4 is 11.1 Å². The molecule has 0 saturated carbocycles. The van der Waals surface area contributed by atoms with Crippen LogP contribution in [-0.4, -0.2) is 105 Å². The van der Waals surface area contributed by atoms with Gasteiger partial charge in [-0.3, -0.25) is 0 Å². The molecule has 10 nitrogen and oxygen atoms in total. The van der Waals surface area contributed by atoms with Gasteiger partial charge in [-0.15, -0.1) is 0 Å². The summed E-state index contributed by atoms with van der Waals surface area (Å²) in [5, 5.41) is 2.73. The second-order valence-electron chi connectivity index (χ2n) is 7.40. The van der Waals surface area contributed by atoms with Crippen molar-refractivity contribution in [1.82, 2.24) is 5.32 Å². The smallest absolute Gasteiger partial charge is 0.407 e. The van der Waals surface area contributed by atoms with Crippen LogP contribution in [0.15, 0.2) is 12.2 Å². The lowest BCUT2D eigenvalue weighted by Crippen LogP contribution is -2.31. The van der Waals surface area contributed by atoms with Crippen LogP contribution in [0.4, 0.5) is 4.79 Å². The van der Waals surface area contributed by atoms with Crippen molar-refractivity contribution in [2.24, 2.45) is 5.73 Å². The highest BCUT2D eigenvalue weighted by Gasteiger charge is 2.14. The van der Waals surface area contributed by atoms with Gasteiger partial charge in [0, 0.05) is 13.1 Å². The molecule has 0 radical (unpaired) electrons. The maximum atomic E-state index is 11.8. The second kappa shape index (κ2) is 23.9. The molecule has 1 unspecified atom stereocenters. The highest BCUT2D eigenvalue weighted by molar-refractivity contribution is 5.67. The Balaban J connectivity index is 1.73. The topological polar surface area (TPSA) is 120 Å². The van der Waals surface area contributed by atoms with Crippen LogP contribution in [0.25, 0.3) is 0 Å². The Bertz CT molecular complexity index is 468. The van der Waals surface area contributed by atoms with Crippen molar-refractivity contribution in [3.8, 4) is 0 Å². The molecule has 33 heavy (non-hydrogen) atoms. The number of ether oxygens (including phenoxy) is 7. The van der Waals surface area contributed by atoms with E-state index in [1.54, 1.807) is 0 Å². The Morgan fingerprint density at radius 3 is 1.73 bits per heavy atom. The van der Waals surface area contributed by atoms with Gasteiger partial charge in [0.2, 0.25) is 0 Å². The fraction of sp³-hybridized carbons (Fsp3) is 0.870. The van der Waals surface area contributed by atoms with Crippen LogP contribution in [0, 0.1) is 0 Å². The predicted molar refractivity (Wildman–Crippen MR) is 124 cm³/mol. The molecular weight excluding hydrogens is 432 g/mol. The molecule has 1 atom stereocenters. The molecular formula is C23H44N2O8. The number of nitrogens with one attached hydrogen (secondary N) is 1. The molecule has 1 amide bonds. The van der Waals surface area contributed by atoms with Crippen LogP contribution in [0.3, 0.4) is 0 Å². The molecule has 3 N–H and O–H groups in total.